The van der Waals surface area contributed by atoms with Gasteiger partial charge in [-0.15, -0.1) is 0 Å². The molecule has 2 aromatic carbocycles. The lowest BCUT2D eigenvalue weighted by Crippen LogP contribution is -2.41. The van der Waals surface area contributed by atoms with Crippen LogP contribution in [-0.4, -0.2) is 33.6 Å². The fourth-order valence-corrected chi connectivity index (χ4v) is 4.90. The number of carbonyl (C=O) groups is 3. The van der Waals surface area contributed by atoms with Crippen molar-refractivity contribution in [3.63, 3.8) is 0 Å². The largest absolute Gasteiger partial charge is 0.507 e. The minimum atomic E-state index is -1.51. The number of benzene rings is 2. The van der Waals surface area contributed by atoms with Gasteiger partial charge in [-0.3, -0.25) is 14.4 Å². The molecule has 4 rings (SSSR count). The summed E-state index contributed by atoms with van der Waals surface area (Å²) in [6.07, 6.45) is 2.86. The summed E-state index contributed by atoms with van der Waals surface area (Å²) in [6.45, 7) is 7.95. The molecule has 35 heavy (non-hydrogen) atoms. The maximum Gasteiger partial charge on any atom is 0.194 e. The van der Waals surface area contributed by atoms with Gasteiger partial charge in [-0.25, -0.2) is 0 Å². The molecule has 0 saturated carbocycles. The molecule has 7 heteroatoms. The summed E-state index contributed by atoms with van der Waals surface area (Å²) in [7, 11) is 0. The van der Waals surface area contributed by atoms with Crippen LogP contribution in [0.3, 0.4) is 0 Å². The number of aryl methyl sites for hydroxylation is 1. The molecule has 1 aliphatic heterocycles. The van der Waals surface area contributed by atoms with E-state index in [0.29, 0.717) is 5.70 Å². The number of phenolic OH excluding ortho intramolecular Hbond substituents is 2. The Labute approximate surface area is 204 Å². The molecule has 3 N–H and O–H groups in total. The van der Waals surface area contributed by atoms with Gasteiger partial charge < -0.3 is 20.3 Å². The van der Waals surface area contributed by atoms with E-state index in [1.165, 1.54) is 25.5 Å². The number of ketones is 3. The molecule has 1 heterocycles. The van der Waals surface area contributed by atoms with E-state index < -0.39 is 28.5 Å². The van der Waals surface area contributed by atoms with Crippen LogP contribution < -0.4 is 10.1 Å². The van der Waals surface area contributed by atoms with Crippen molar-refractivity contribution < 1.29 is 29.3 Å². The molecule has 7 nitrogen and oxygen atoms in total. The highest BCUT2D eigenvalue weighted by Gasteiger charge is 2.56. The highest BCUT2D eigenvalue weighted by atomic mass is 16.5. The first kappa shape index (κ1) is 24.3. The number of nitrogens with one attached hydrogen (secondary N) is 1. The van der Waals surface area contributed by atoms with Crippen molar-refractivity contribution in [1.29, 1.82) is 0 Å². The van der Waals surface area contributed by atoms with E-state index in [-0.39, 0.29) is 45.6 Å². The minimum Gasteiger partial charge on any atom is -0.507 e. The zero-order valence-electron chi connectivity index (χ0n) is 20.5. The van der Waals surface area contributed by atoms with Crippen LogP contribution in [0.4, 0.5) is 0 Å². The number of fused-ring (bicyclic) bond motifs is 3. The lowest BCUT2D eigenvalue weighted by Gasteiger charge is -2.29. The quantitative estimate of drug-likeness (QED) is 0.326. The summed E-state index contributed by atoms with van der Waals surface area (Å²) in [6, 6.07) is 10.0. The molecule has 2 aromatic rings. The van der Waals surface area contributed by atoms with E-state index in [2.05, 4.69) is 17.4 Å². The molecular formula is C28H29NO6. The number of hydrogen-bond donors (Lipinski definition) is 3. The zero-order chi connectivity index (χ0) is 25.7. The molecule has 182 valence electrons. The summed E-state index contributed by atoms with van der Waals surface area (Å²) in [4.78, 5) is 39.2. The summed E-state index contributed by atoms with van der Waals surface area (Å²) in [5.74, 6) is -2.33. The Bertz CT molecular complexity index is 1320. The van der Waals surface area contributed by atoms with E-state index >= 15 is 0 Å². The topological polar surface area (TPSA) is 113 Å². The lowest BCUT2D eigenvalue weighted by molar-refractivity contribution is -0.123. The Morgan fingerprint density at radius 1 is 1.11 bits per heavy atom. The first-order valence-corrected chi connectivity index (χ1v) is 11.6. The number of allylic oxidation sites excluding steroid dienone is 4. The molecule has 0 aromatic heterocycles. The van der Waals surface area contributed by atoms with Gasteiger partial charge >= 0.3 is 0 Å². The van der Waals surface area contributed by atoms with Crippen LogP contribution in [0.25, 0.3) is 0 Å². The van der Waals surface area contributed by atoms with E-state index in [9.17, 15) is 24.6 Å². The molecule has 1 unspecified atom stereocenters. The first-order chi connectivity index (χ1) is 16.5. The lowest BCUT2D eigenvalue weighted by atomic mass is 9.70. The van der Waals surface area contributed by atoms with Crippen molar-refractivity contribution in [2.45, 2.75) is 58.9 Å². The van der Waals surface area contributed by atoms with E-state index in [4.69, 9.17) is 4.74 Å². The molecule has 0 radical (unpaired) electrons. The van der Waals surface area contributed by atoms with Crippen molar-refractivity contribution in [1.82, 2.24) is 5.32 Å². The van der Waals surface area contributed by atoms with Crippen molar-refractivity contribution in [3.8, 4) is 17.2 Å². The predicted molar refractivity (Wildman–Crippen MR) is 131 cm³/mol. The minimum absolute atomic E-state index is 0.00878. The van der Waals surface area contributed by atoms with Gasteiger partial charge in [-0.2, -0.15) is 0 Å². The molecule has 2 aliphatic rings. The molecular weight excluding hydrogens is 446 g/mol. The van der Waals surface area contributed by atoms with Gasteiger partial charge in [0, 0.05) is 23.4 Å². The van der Waals surface area contributed by atoms with Crippen molar-refractivity contribution in [2.75, 3.05) is 0 Å². The Hall–Kier alpha value is -3.87. The normalized spacial score (nSPS) is 21.0. The number of hydrogen-bond acceptors (Lipinski definition) is 7. The fraction of sp³-hybridized carbons (Fsp3) is 0.321. The standard InChI is InChI=1S/C28H29NO6/c1-14(11-12-18-9-7-6-8-10-18)29-16(3)21-19(31)13-20-28(5,27(21)34)23-25(33)15(2)24(32)22(17(4)30)26(23)35-20/h6-10,13-14,29,32-33H,11-12H2,1-5H3/t14?,28-/m0/s1. The Morgan fingerprint density at radius 2 is 1.77 bits per heavy atom. The van der Waals surface area contributed by atoms with Crippen molar-refractivity contribution in [2.24, 2.45) is 0 Å². The van der Waals surface area contributed by atoms with Gasteiger partial charge in [0.25, 0.3) is 0 Å². The molecule has 2 atom stereocenters. The van der Waals surface area contributed by atoms with Crippen LogP contribution in [0.2, 0.25) is 0 Å². The number of carbonyl (C=O) groups excluding carboxylic acids is 3. The van der Waals surface area contributed by atoms with E-state index in [1.807, 2.05) is 25.1 Å². The van der Waals surface area contributed by atoms with Gasteiger partial charge in [0.05, 0.1) is 11.1 Å². The highest BCUT2D eigenvalue weighted by Crippen LogP contribution is 2.57. The third kappa shape index (κ3) is 3.81. The summed E-state index contributed by atoms with van der Waals surface area (Å²) >= 11 is 0. The van der Waals surface area contributed by atoms with Crippen LogP contribution in [0.15, 0.2) is 53.4 Å². The van der Waals surface area contributed by atoms with E-state index in [1.54, 1.807) is 13.8 Å². The van der Waals surface area contributed by atoms with Crippen molar-refractivity contribution >= 4 is 17.3 Å². The number of Topliss-reactive ketones (excluding diaryl/α,β-unsaturated/α-hetero) is 2. The average molecular weight is 476 g/mol. The second-order valence-corrected chi connectivity index (χ2v) is 9.46. The van der Waals surface area contributed by atoms with Crippen LogP contribution >= 0.6 is 0 Å². The molecule has 1 aliphatic carbocycles. The second kappa shape index (κ2) is 8.73. The maximum atomic E-state index is 13.8. The third-order valence-corrected chi connectivity index (χ3v) is 6.93. The SMILES string of the molecule is CC(=O)c1c(O)c(C)c(O)c2c1OC1=CC(=O)C(=C(C)NC(C)CCc3ccccc3)C(=O)[C@@]12C. The number of rotatable bonds is 6. The van der Waals surface area contributed by atoms with Crippen LogP contribution in [-0.2, 0) is 21.4 Å². The second-order valence-electron chi connectivity index (χ2n) is 9.46. The predicted octanol–water partition coefficient (Wildman–Crippen LogP) is 4.18. The maximum absolute atomic E-state index is 13.8. The van der Waals surface area contributed by atoms with Gasteiger partial charge in [-0.05, 0) is 53.0 Å². The van der Waals surface area contributed by atoms with Crippen LogP contribution in [0.5, 0.6) is 17.2 Å². The Morgan fingerprint density at radius 3 is 2.40 bits per heavy atom. The summed E-state index contributed by atoms with van der Waals surface area (Å²) < 4.78 is 5.80. The number of aromatic hydroxyl groups is 2. The average Bonchev–Trinajstić information content (AvgIpc) is 3.09. The summed E-state index contributed by atoms with van der Waals surface area (Å²) in [5.41, 5.74) is 0.139. The van der Waals surface area contributed by atoms with Gasteiger partial charge in [0.1, 0.15) is 34.0 Å². The number of phenols is 2. The van der Waals surface area contributed by atoms with Gasteiger partial charge in [0.15, 0.2) is 17.3 Å². The Kier molecular flexibility index (Phi) is 6.05. The molecule has 0 fully saturated rings. The third-order valence-electron chi connectivity index (χ3n) is 6.93. The molecule has 0 saturated heterocycles. The highest BCUT2D eigenvalue weighted by molar-refractivity contribution is 6.31. The van der Waals surface area contributed by atoms with Crippen LogP contribution in [0, 0.1) is 6.92 Å². The van der Waals surface area contributed by atoms with Gasteiger partial charge in [-0.1, -0.05) is 30.3 Å². The van der Waals surface area contributed by atoms with Gasteiger partial charge in [0.2, 0.25) is 0 Å². The fourth-order valence-electron chi connectivity index (χ4n) is 4.90. The summed E-state index contributed by atoms with van der Waals surface area (Å²) in [5, 5.41) is 24.6. The molecule has 0 amide bonds. The Balaban J connectivity index is 1.72. The molecule has 0 spiro atoms. The monoisotopic (exact) mass is 475 g/mol. The van der Waals surface area contributed by atoms with E-state index in [0.717, 1.165) is 12.8 Å². The molecule has 0 bridgehead atoms. The first-order valence-electron chi connectivity index (χ1n) is 11.6. The van der Waals surface area contributed by atoms with Crippen LogP contribution in [0.1, 0.15) is 61.2 Å². The zero-order valence-corrected chi connectivity index (χ0v) is 20.5. The smallest absolute Gasteiger partial charge is 0.194 e. The van der Waals surface area contributed by atoms with Crippen molar-refractivity contribution in [3.05, 3.63) is 75.7 Å². The number of ether oxygens (including phenoxy) is 1.